The third kappa shape index (κ3) is 5.55. The Kier molecular flexibility index (Phi) is 7.33. The quantitative estimate of drug-likeness (QED) is 0.547. The Bertz CT molecular complexity index is 795. The second kappa shape index (κ2) is 9.93. The predicted molar refractivity (Wildman–Crippen MR) is 99.2 cm³/mol. The topological polar surface area (TPSA) is 117 Å². The lowest BCUT2D eigenvalue weighted by atomic mass is 10.1. The predicted octanol–water partition coefficient (Wildman–Crippen LogP) is 1.44. The number of rotatable bonds is 7. The van der Waals surface area contributed by atoms with E-state index >= 15 is 0 Å². The molecule has 2 aromatic carbocycles. The summed E-state index contributed by atoms with van der Waals surface area (Å²) in [6, 6.07) is 14.3. The molecule has 0 heterocycles. The van der Waals surface area contributed by atoms with Gasteiger partial charge in [0.2, 0.25) is 6.10 Å². The van der Waals surface area contributed by atoms with E-state index in [-0.39, 0.29) is 18.7 Å². The van der Waals surface area contributed by atoms with Crippen LogP contribution >= 0.6 is 0 Å². The van der Waals surface area contributed by atoms with Crippen molar-refractivity contribution in [2.75, 3.05) is 25.5 Å². The Morgan fingerprint density at radius 2 is 1.70 bits per heavy atom. The highest BCUT2D eigenvalue weighted by atomic mass is 16.5. The van der Waals surface area contributed by atoms with Gasteiger partial charge in [-0.1, -0.05) is 42.5 Å². The molecule has 1 atom stereocenters. The SMILES string of the molecule is CNC(=O)NC(=O)[C@H](OC(=O)c1ccccc1NCCO)c1ccccc1. The van der Waals surface area contributed by atoms with Gasteiger partial charge in [-0.25, -0.2) is 9.59 Å². The Morgan fingerprint density at radius 1 is 1.04 bits per heavy atom. The van der Waals surface area contributed by atoms with Crippen LogP contribution in [0.5, 0.6) is 0 Å². The number of aliphatic hydroxyl groups is 1. The zero-order chi connectivity index (χ0) is 19.6. The number of carbonyl (C=O) groups excluding carboxylic acids is 3. The van der Waals surface area contributed by atoms with Gasteiger partial charge in [-0.05, 0) is 12.1 Å². The van der Waals surface area contributed by atoms with E-state index < -0.39 is 24.0 Å². The van der Waals surface area contributed by atoms with Crippen molar-refractivity contribution >= 4 is 23.6 Å². The Labute approximate surface area is 156 Å². The second-order valence-corrected chi connectivity index (χ2v) is 5.46. The van der Waals surface area contributed by atoms with Crippen LogP contribution in [0.2, 0.25) is 0 Å². The van der Waals surface area contributed by atoms with Gasteiger partial charge in [0.15, 0.2) is 0 Å². The molecule has 0 aromatic heterocycles. The molecule has 0 saturated heterocycles. The largest absolute Gasteiger partial charge is 0.444 e. The number of aliphatic hydroxyl groups excluding tert-OH is 1. The van der Waals surface area contributed by atoms with Gasteiger partial charge in [0.05, 0.1) is 12.2 Å². The molecule has 27 heavy (non-hydrogen) atoms. The normalized spacial score (nSPS) is 11.2. The maximum atomic E-state index is 12.7. The minimum absolute atomic E-state index is 0.107. The maximum absolute atomic E-state index is 12.7. The molecule has 142 valence electrons. The average Bonchev–Trinajstić information content (AvgIpc) is 2.70. The second-order valence-electron chi connectivity index (χ2n) is 5.46. The fourth-order valence-electron chi connectivity index (χ4n) is 2.32. The summed E-state index contributed by atoms with van der Waals surface area (Å²) in [4.78, 5) is 36.6. The molecule has 2 rings (SSSR count). The number of anilines is 1. The number of imide groups is 1. The smallest absolute Gasteiger partial charge is 0.341 e. The van der Waals surface area contributed by atoms with Crippen molar-refractivity contribution in [1.29, 1.82) is 0 Å². The average molecular weight is 371 g/mol. The summed E-state index contributed by atoms with van der Waals surface area (Å²) >= 11 is 0. The minimum Gasteiger partial charge on any atom is -0.444 e. The fourth-order valence-corrected chi connectivity index (χ4v) is 2.32. The van der Waals surface area contributed by atoms with Crippen LogP contribution in [0.3, 0.4) is 0 Å². The molecule has 0 aliphatic heterocycles. The number of amides is 3. The van der Waals surface area contributed by atoms with Crippen molar-refractivity contribution in [3.8, 4) is 0 Å². The van der Waals surface area contributed by atoms with Crippen LogP contribution in [0, 0.1) is 0 Å². The summed E-state index contributed by atoms with van der Waals surface area (Å²) in [5.74, 6) is -1.51. The number of benzene rings is 2. The molecule has 4 N–H and O–H groups in total. The van der Waals surface area contributed by atoms with Gasteiger partial charge in [-0.3, -0.25) is 10.1 Å². The molecule has 0 bridgehead atoms. The van der Waals surface area contributed by atoms with Crippen molar-refractivity contribution in [2.24, 2.45) is 0 Å². The first-order valence-corrected chi connectivity index (χ1v) is 8.29. The van der Waals surface area contributed by atoms with Crippen LogP contribution in [0.1, 0.15) is 22.0 Å². The molecule has 0 saturated carbocycles. The molecule has 0 spiro atoms. The molecule has 3 amide bonds. The fraction of sp³-hybridized carbons (Fsp3) is 0.211. The van der Waals surface area contributed by atoms with Gasteiger partial charge >= 0.3 is 12.0 Å². The summed E-state index contributed by atoms with van der Waals surface area (Å²) in [6.45, 7) is 0.147. The zero-order valence-electron chi connectivity index (χ0n) is 14.8. The van der Waals surface area contributed by atoms with E-state index in [9.17, 15) is 14.4 Å². The van der Waals surface area contributed by atoms with Gasteiger partial charge < -0.3 is 20.5 Å². The molecule has 0 fully saturated rings. The van der Waals surface area contributed by atoms with Crippen LogP contribution in [-0.4, -0.2) is 43.2 Å². The number of carbonyl (C=O) groups is 3. The molecule has 8 nitrogen and oxygen atoms in total. The van der Waals surface area contributed by atoms with Gasteiger partial charge in [0.1, 0.15) is 0 Å². The number of nitrogens with one attached hydrogen (secondary N) is 3. The summed E-state index contributed by atoms with van der Waals surface area (Å²) in [7, 11) is 1.37. The van der Waals surface area contributed by atoms with Crippen molar-refractivity contribution in [3.63, 3.8) is 0 Å². The first-order chi connectivity index (χ1) is 13.1. The first kappa shape index (κ1) is 19.9. The number of urea groups is 1. The summed E-state index contributed by atoms with van der Waals surface area (Å²) in [6.07, 6.45) is -1.30. The molecular formula is C19H21N3O5. The van der Waals surface area contributed by atoms with Gasteiger partial charge in [0, 0.05) is 24.8 Å². The van der Waals surface area contributed by atoms with Crippen LogP contribution in [0.4, 0.5) is 10.5 Å². The lowest BCUT2D eigenvalue weighted by molar-refractivity contribution is -0.129. The minimum atomic E-state index is -1.30. The number of esters is 1. The van der Waals surface area contributed by atoms with Gasteiger partial charge in [-0.15, -0.1) is 0 Å². The summed E-state index contributed by atoms with van der Waals surface area (Å²) in [5, 5.41) is 16.3. The van der Waals surface area contributed by atoms with Crippen LogP contribution in [0.25, 0.3) is 0 Å². The number of para-hydroxylation sites is 1. The van der Waals surface area contributed by atoms with E-state index in [1.807, 2.05) is 0 Å². The summed E-state index contributed by atoms with van der Waals surface area (Å²) in [5.41, 5.74) is 1.10. The third-order valence-corrected chi connectivity index (χ3v) is 3.60. The van der Waals surface area contributed by atoms with E-state index in [0.717, 1.165) is 0 Å². The highest BCUT2D eigenvalue weighted by molar-refractivity contribution is 6.00. The highest BCUT2D eigenvalue weighted by Gasteiger charge is 2.27. The van der Waals surface area contributed by atoms with Crippen molar-refractivity contribution < 1.29 is 24.2 Å². The van der Waals surface area contributed by atoms with Gasteiger partial charge in [0.25, 0.3) is 5.91 Å². The summed E-state index contributed by atoms with van der Waals surface area (Å²) < 4.78 is 5.42. The molecule has 0 unspecified atom stereocenters. The monoisotopic (exact) mass is 371 g/mol. The molecule has 2 aromatic rings. The molecule has 8 heteroatoms. The van der Waals surface area contributed by atoms with Crippen LogP contribution < -0.4 is 16.0 Å². The first-order valence-electron chi connectivity index (χ1n) is 8.29. The number of hydrogen-bond donors (Lipinski definition) is 4. The van der Waals surface area contributed by atoms with Crippen molar-refractivity contribution in [2.45, 2.75) is 6.10 Å². The molecule has 0 aliphatic rings. The van der Waals surface area contributed by atoms with Crippen molar-refractivity contribution in [3.05, 3.63) is 65.7 Å². The third-order valence-electron chi connectivity index (χ3n) is 3.60. The molecule has 0 aliphatic carbocycles. The molecular weight excluding hydrogens is 350 g/mol. The lowest BCUT2D eigenvalue weighted by Gasteiger charge is -2.18. The Hall–Kier alpha value is -3.39. The van der Waals surface area contributed by atoms with Gasteiger partial charge in [-0.2, -0.15) is 0 Å². The zero-order valence-corrected chi connectivity index (χ0v) is 14.8. The van der Waals surface area contributed by atoms with Crippen LogP contribution in [-0.2, 0) is 9.53 Å². The number of ether oxygens (including phenoxy) is 1. The standard InChI is InChI=1S/C19H21N3O5/c1-20-19(26)22-17(24)16(13-7-3-2-4-8-13)27-18(25)14-9-5-6-10-15(14)21-11-12-23/h2-10,16,21,23H,11-12H2,1H3,(H2,20,22,24,26)/t16-/m1/s1. The van der Waals surface area contributed by atoms with Crippen LogP contribution in [0.15, 0.2) is 54.6 Å². The lowest BCUT2D eigenvalue weighted by Crippen LogP contribution is -2.41. The Morgan fingerprint density at radius 3 is 2.37 bits per heavy atom. The van der Waals surface area contributed by atoms with E-state index in [0.29, 0.717) is 11.3 Å². The molecule has 0 radical (unpaired) electrons. The maximum Gasteiger partial charge on any atom is 0.341 e. The van der Waals surface area contributed by atoms with E-state index in [1.165, 1.54) is 7.05 Å². The highest BCUT2D eigenvalue weighted by Crippen LogP contribution is 2.22. The van der Waals surface area contributed by atoms with E-state index in [4.69, 9.17) is 9.84 Å². The van der Waals surface area contributed by atoms with E-state index in [2.05, 4.69) is 16.0 Å². The Balaban J connectivity index is 2.26. The number of hydrogen-bond acceptors (Lipinski definition) is 6. The van der Waals surface area contributed by atoms with Crippen molar-refractivity contribution in [1.82, 2.24) is 10.6 Å². The van der Waals surface area contributed by atoms with E-state index in [1.54, 1.807) is 54.6 Å².